The first-order valence-electron chi connectivity index (χ1n) is 11.0. The average Bonchev–Trinajstić information content (AvgIpc) is 2.78. The van der Waals surface area contributed by atoms with E-state index < -0.39 is 22.0 Å². The van der Waals surface area contributed by atoms with Gasteiger partial charge in [0.2, 0.25) is 15.9 Å². The minimum atomic E-state index is -3.71. The summed E-state index contributed by atoms with van der Waals surface area (Å²) in [4.78, 5) is 26.0. The van der Waals surface area contributed by atoms with Gasteiger partial charge in [-0.1, -0.05) is 75.4 Å². The predicted molar refractivity (Wildman–Crippen MR) is 137 cm³/mol. The molecule has 0 spiro atoms. The second-order valence-corrected chi connectivity index (χ2v) is 11.2. The van der Waals surface area contributed by atoms with Crippen molar-refractivity contribution >= 4 is 33.1 Å². The van der Waals surface area contributed by atoms with Crippen molar-refractivity contribution in [3.05, 3.63) is 95.6 Å². The van der Waals surface area contributed by atoms with Gasteiger partial charge < -0.3 is 5.32 Å². The number of ketones is 1. The van der Waals surface area contributed by atoms with Crippen molar-refractivity contribution in [3.63, 3.8) is 0 Å². The standard InChI is InChI=1S/C27H30N2O4S/c1-19(29(34(5,32)33)24-12-7-6-8-13-24)26(31)28-23-11-9-10-21(18-23)25(30)20-14-16-22(17-15-20)27(2,3)4/h6-19H,1-5H3,(H,28,31)/t19-/m0/s1. The van der Waals surface area contributed by atoms with Gasteiger partial charge in [-0.2, -0.15) is 0 Å². The largest absolute Gasteiger partial charge is 0.324 e. The van der Waals surface area contributed by atoms with Crippen molar-refractivity contribution in [2.24, 2.45) is 0 Å². The quantitative estimate of drug-likeness (QED) is 0.484. The van der Waals surface area contributed by atoms with Gasteiger partial charge in [-0.3, -0.25) is 13.9 Å². The number of nitrogens with one attached hydrogen (secondary N) is 1. The second kappa shape index (κ2) is 9.81. The SMILES string of the molecule is C[C@@H](C(=O)Nc1cccc(C(=O)c2ccc(C(C)(C)C)cc2)c1)N(c1ccccc1)S(C)(=O)=O. The third-order valence-electron chi connectivity index (χ3n) is 5.50. The maximum Gasteiger partial charge on any atom is 0.247 e. The first-order valence-corrected chi connectivity index (χ1v) is 12.8. The van der Waals surface area contributed by atoms with E-state index in [9.17, 15) is 18.0 Å². The highest BCUT2D eigenvalue weighted by Crippen LogP contribution is 2.24. The molecule has 0 saturated carbocycles. The monoisotopic (exact) mass is 478 g/mol. The molecule has 0 unspecified atom stereocenters. The molecule has 3 aromatic carbocycles. The molecular weight excluding hydrogens is 448 g/mol. The van der Waals surface area contributed by atoms with Crippen LogP contribution in [-0.2, 0) is 20.2 Å². The Bertz CT molecular complexity index is 1280. The molecule has 0 aromatic heterocycles. The van der Waals surface area contributed by atoms with Crippen molar-refractivity contribution in [2.45, 2.75) is 39.2 Å². The lowest BCUT2D eigenvalue weighted by atomic mass is 9.86. The molecule has 0 saturated heterocycles. The summed E-state index contributed by atoms with van der Waals surface area (Å²) in [5.41, 5.74) is 2.91. The van der Waals surface area contributed by atoms with Crippen LogP contribution >= 0.6 is 0 Å². The third-order valence-corrected chi connectivity index (χ3v) is 6.75. The summed E-state index contributed by atoms with van der Waals surface area (Å²) < 4.78 is 25.9. The number of benzene rings is 3. The van der Waals surface area contributed by atoms with Gasteiger partial charge in [-0.25, -0.2) is 8.42 Å². The molecule has 0 aliphatic carbocycles. The number of amides is 1. The smallest absolute Gasteiger partial charge is 0.247 e. The molecule has 3 aromatic rings. The molecule has 1 amide bonds. The second-order valence-electron chi connectivity index (χ2n) is 9.30. The zero-order chi connectivity index (χ0) is 25.1. The molecule has 0 aliphatic heterocycles. The minimum absolute atomic E-state index is 0.0118. The number of para-hydroxylation sites is 1. The van der Waals surface area contributed by atoms with Crippen molar-refractivity contribution in [3.8, 4) is 0 Å². The van der Waals surface area contributed by atoms with Crippen LogP contribution in [0.5, 0.6) is 0 Å². The normalized spacial score (nSPS) is 12.6. The maximum absolute atomic E-state index is 13.0. The van der Waals surface area contributed by atoms with Crippen molar-refractivity contribution in [1.82, 2.24) is 0 Å². The molecule has 1 N–H and O–H groups in total. The van der Waals surface area contributed by atoms with E-state index in [0.29, 0.717) is 22.5 Å². The summed E-state index contributed by atoms with van der Waals surface area (Å²) in [7, 11) is -3.71. The van der Waals surface area contributed by atoms with Gasteiger partial charge in [0.15, 0.2) is 5.78 Å². The topological polar surface area (TPSA) is 83.6 Å². The van der Waals surface area contributed by atoms with Crippen LogP contribution in [-0.4, -0.2) is 32.4 Å². The van der Waals surface area contributed by atoms with E-state index in [1.807, 2.05) is 12.1 Å². The highest BCUT2D eigenvalue weighted by molar-refractivity contribution is 7.92. The molecule has 0 bridgehead atoms. The summed E-state index contributed by atoms with van der Waals surface area (Å²) in [6.07, 6.45) is 1.06. The maximum atomic E-state index is 13.0. The summed E-state index contributed by atoms with van der Waals surface area (Å²) >= 11 is 0. The molecule has 1 atom stereocenters. The van der Waals surface area contributed by atoms with Crippen molar-refractivity contribution < 1.29 is 18.0 Å². The molecule has 0 radical (unpaired) electrons. The number of hydrogen-bond acceptors (Lipinski definition) is 4. The summed E-state index contributed by atoms with van der Waals surface area (Å²) in [5, 5.41) is 2.74. The van der Waals surface area contributed by atoms with E-state index in [1.54, 1.807) is 66.7 Å². The van der Waals surface area contributed by atoms with Gasteiger partial charge >= 0.3 is 0 Å². The number of hydrogen-bond donors (Lipinski definition) is 1. The molecule has 34 heavy (non-hydrogen) atoms. The molecular formula is C27H30N2O4S. The Balaban J connectivity index is 1.80. The number of nitrogens with zero attached hydrogens (tertiary/aromatic N) is 1. The first-order chi connectivity index (χ1) is 15.9. The van der Waals surface area contributed by atoms with Crippen molar-refractivity contribution in [1.29, 1.82) is 0 Å². The van der Waals surface area contributed by atoms with Crippen LogP contribution < -0.4 is 9.62 Å². The highest BCUT2D eigenvalue weighted by Gasteiger charge is 2.29. The number of carbonyl (C=O) groups is 2. The van der Waals surface area contributed by atoms with Gasteiger partial charge in [0.1, 0.15) is 6.04 Å². The summed E-state index contributed by atoms with van der Waals surface area (Å²) in [6, 6.07) is 21.6. The van der Waals surface area contributed by atoms with Crippen LogP contribution in [0.1, 0.15) is 49.2 Å². The molecule has 6 nitrogen and oxygen atoms in total. The number of anilines is 2. The lowest BCUT2D eigenvalue weighted by Gasteiger charge is -2.28. The molecule has 178 valence electrons. The van der Waals surface area contributed by atoms with Crippen LogP contribution in [0.3, 0.4) is 0 Å². The van der Waals surface area contributed by atoms with E-state index in [0.717, 1.165) is 16.1 Å². The van der Waals surface area contributed by atoms with E-state index in [-0.39, 0.29) is 11.2 Å². The molecule has 0 aliphatic rings. The first kappa shape index (κ1) is 25.2. The van der Waals surface area contributed by atoms with E-state index in [2.05, 4.69) is 26.1 Å². The Morgan fingerprint density at radius 2 is 1.47 bits per heavy atom. The Morgan fingerprint density at radius 1 is 0.853 bits per heavy atom. The average molecular weight is 479 g/mol. The molecule has 0 heterocycles. The lowest BCUT2D eigenvalue weighted by molar-refractivity contribution is -0.116. The predicted octanol–water partition coefficient (Wildman–Crippen LogP) is 5.01. The van der Waals surface area contributed by atoms with Crippen molar-refractivity contribution in [2.75, 3.05) is 15.9 Å². The Hall–Kier alpha value is -3.45. The third kappa shape index (κ3) is 5.91. The van der Waals surface area contributed by atoms with Crippen LogP contribution in [0.25, 0.3) is 0 Å². The van der Waals surface area contributed by atoms with Gasteiger partial charge in [0, 0.05) is 16.8 Å². The van der Waals surface area contributed by atoms with Gasteiger partial charge in [0.25, 0.3) is 0 Å². The fraction of sp³-hybridized carbons (Fsp3) is 0.259. The number of rotatable bonds is 7. The Kier molecular flexibility index (Phi) is 7.26. The molecule has 3 rings (SSSR count). The number of sulfonamides is 1. The van der Waals surface area contributed by atoms with Gasteiger partial charge in [-0.05, 0) is 42.2 Å². The van der Waals surface area contributed by atoms with E-state index >= 15 is 0 Å². The number of carbonyl (C=O) groups excluding carboxylic acids is 2. The van der Waals surface area contributed by atoms with Crippen LogP contribution in [0.4, 0.5) is 11.4 Å². The fourth-order valence-electron chi connectivity index (χ4n) is 3.66. The van der Waals surface area contributed by atoms with E-state index in [1.165, 1.54) is 6.92 Å². The Labute approximate surface area is 201 Å². The summed E-state index contributed by atoms with van der Waals surface area (Å²) in [5.74, 6) is -0.667. The minimum Gasteiger partial charge on any atom is -0.324 e. The van der Waals surface area contributed by atoms with Gasteiger partial charge in [-0.15, -0.1) is 0 Å². The van der Waals surface area contributed by atoms with Gasteiger partial charge in [0.05, 0.1) is 11.9 Å². The fourth-order valence-corrected chi connectivity index (χ4v) is 4.83. The lowest BCUT2D eigenvalue weighted by Crippen LogP contribution is -2.45. The van der Waals surface area contributed by atoms with Crippen LogP contribution in [0.15, 0.2) is 78.9 Å². The summed E-state index contributed by atoms with van der Waals surface area (Å²) in [6.45, 7) is 7.86. The van der Waals surface area contributed by atoms with Crippen LogP contribution in [0.2, 0.25) is 0 Å². The highest BCUT2D eigenvalue weighted by atomic mass is 32.2. The van der Waals surface area contributed by atoms with Crippen LogP contribution in [0, 0.1) is 0 Å². The molecule has 7 heteroatoms. The van der Waals surface area contributed by atoms with E-state index in [4.69, 9.17) is 0 Å². The Morgan fingerprint density at radius 3 is 2.03 bits per heavy atom. The zero-order valence-corrected chi connectivity index (χ0v) is 20.9. The zero-order valence-electron chi connectivity index (χ0n) is 20.1. The molecule has 0 fully saturated rings.